The lowest BCUT2D eigenvalue weighted by atomic mass is 10.2. The van der Waals surface area contributed by atoms with Crippen molar-refractivity contribution < 1.29 is 14.4 Å². The highest BCUT2D eigenvalue weighted by molar-refractivity contribution is 5.87. The molecule has 0 saturated carbocycles. The summed E-state index contributed by atoms with van der Waals surface area (Å²) in [6.07, 6.45) is 0. The summed E-state index contributed by atoms with van der Waals surface area (Å²) in [4.78, 5) is 19.5. The number of ether oxygens (including phenoxy) is 1. The van der Waals surface area contributed by atoms with Crippen LogP contribution < -0.4 is 5.48 Å². The topological polar surface area (TPSA) is 63.4 Å². The first-order chi connectivity index (χ1) is 9.29. The van der Waals surface area contributed by atoms with Crippen molar-refractivity contribution >= 4 is 5.97 Å². The van der Waals surface area contributed by atoms with E-state index in [1.807, 2.05) is 36.4 Å². The van der Waals surface area contributed by atoms with E-state index in [0.717, 1.165) is 11.3 Å². The van der Waals surface area contributed by atoms with Crippen LogP contribution in [0.15, 0.2) is 42.5 Å². The molecule has 0 spiro atoms. The zero-order chi connectivity index (χ0) is 13.5. The van der Waals surface area contributed by atoms with E-state index in [1.54, 1.807) is 6.07 Å². The van der Waals surface area contributed by atoms with Gasteiger partial charge in [-0.05, 0) is 17.7 Å². The molecule has 0 bridgehead atoms. The van der Waals surface area contributed by atoms with Gasteiger partial charge in [0.25, 0.3) is 0 Å². The molecule has 0 fully saturated rings. The largest absolute Gasteiger partial charge is 0.464 e. The number of carbonyl (C=O) groups excluding carboxylic acids is 1. The van der Waals surface area contributed by atoms with Crippen LogP contribution in [0, 0.1) is 0 Å². The van der Waals surface area contributed by atoms with Crippen LogP contribution in [0.3, 0.4) is 0 Å². The summed E-state index contributed by atoms with van der Waals surface area (Å²) >= 11 is 0. The van der Waals surface area contributed by atoms with Crippen LogP contribution in [0.25, 0.3) is 0 Å². The molecule has 1 aromatic carbocycles. The Labute approximate surface area is 111 Å². The lowest BCUT2D eigenvalue weighted by molar-refractivity contribution is 0.0229. The number of carbonyl (C=O) groups is 1. The number of methoxy groups -OCH3 is 1. The van der Waals surface area contributed by atoms with Gasteiger partial charge in [0.05, 0.1) is 20.3 Å². The molecule has 2 N–H and O–H groups in total. The monoisotopic (exact) mass is 260 g/mol. The van der Waals surface area contributed by atoms with Gasteiger partial charge < -0.3 is 9.72 Å². The van der Waals surface area contributed by atoms with E-state index in [9.17, 15) is 4.79 Å². The molecule has 0 radical (unpaired) electrons. The first-order valence-electron chi connectivity index (χ1n) is 5.94. The van der Waals surface area contributed by atoms with Crippen molar-refractivity contribution in [3.05, 3.63) is 59.4 Å². The van der Waals surface area contributed by atoms with Crippen molar-refractivity contribution in [1.82, 2.24) is 10.5 Å². The second-order valence-electron chi connectivity index (χ2n) is 3.98. The van der Waals surface area contributed by atoms with Crippen molar-refractivity contribution in [1.29, 1.82) is 0 Å². The van der Waals surface area contributed by atoms with E-state index >= 15 is 0 Å². The minimum Gasteiger partial charge on any atom is -0.464 e. The van der Waals surface area contributed by atoms with E-state index in [2.05, 4.69) is 15.2 Å². The van der Waals surface area contributed by atoms with Crippen molar-refractivity contribution in [3.63, 3.8) is 0 Å². The SMILES string of the molecule is COC(=O)c1ccc(CNOCc2ccccc2)[nH]1. The number of hydrogen-bond acceptors (Lipinski definition) is 4. The molecule has 0 aliphatic carbocycles. The van der Waals surface area contributed by atoms with Crippen LogP contribution in [0.1, 0.15) is 21.7 Å². The maximum absolute atomic E-state index is 11.2. The molecule has 5 nitrogen and oxygen atoms in total. The Balaban J connectivity index is 1.74. The molecule has 100 valence electrons. The van der Waals surface area contributed by atoms with E-state index in [4.69, 9.17) is 4.84 Å². The van der Waals surface area contributed by atoms with Gasteiger partial charge >= 0.3 is 5.97 Å². The predicted molar refractivity (Wildman–Crippen MR) is 70.2 cm³/mol. The van der Waals surface area contributed by atoms with Crippen LogP contribution in [-0.4, -0.2) is 18.1 Å². The minimum atomic E-state index is -0.378. The number of aromatic amines is 1. The highest BCUT2D eigenvalue weighted by Gasteiger charge is 2.07. The van der Waals surface area contributed by atoms with Gasteiger partial charge in [0.2, 0.25) is 0 Å². The first-order valence-corrected chi connectivity index (χ1v) is 5.94. The van der Waals surface area contributed by atoms with Gasteiger partial charge in [-0.15, -0.1) is 0 Å². The standard InChI is InChI=1S/C14H16N2O3/c1-18-14(17)13-8-7-12(16-13)9-15-19-10-11-5-3-2-4-6-11/h2-8,15-16H,9-10H2,1H3. The maximum Gasteiger partial charge on any atom is 0.354 e. The summed E-state index contributed by atoms with van der Waals surface area (Å²) in [6.45, 7) is 0.981. The third kappa shape index (κ3) is 3.94. The Morgan fingerprint density at radius 1 is 1.21 bits per heavy atom. The first kappa shape index (κ1) is 13.3. The third-order valence-corrected chi connectivity index (χ3v) is 2.60. The molecule has 0 saturated heterocycles. The van der Waals surface area contributed by atoms with Crippen LogP contribution in [-0.2, 0) is 22.7 Å². The number of aromatic nitrogens is 1. The maximum atomic E-state index is 11.2. The molecule has 0 unspecified atom stereocenters. The normalized spacial score (nSPS) is 10.4. The van der Waals surface area contributed by atoms with Gasteiger partial charge in [-0.1, -0.05) is 30.3 Å². The van der Waals surface area contributed by atoms with Crippen LogP contribution in [0.2, 0.25) is 0 Å². The van der Waals surface area contributed by atoms with Gasteiger partial charge in [0.1, 0.15) is 5.69 Å². The lowest BCUT2D eigenvalue weighted by Crippen LogP contribution is -2.14. The van der Waals surface area contributed by atoms with E-state index in [1.165, 1.54) is 7.11 Å². The van der Waals surface area contributed by atoms with Crippen molar-refractivity contribution in [2.75, 3.05) is 7.11 Å². The Morgan fingerprint density at radius 2 is 2.00 bits per heavy atom. The number of esters is 1. The zero-order valence-electron chi connectivity index (χ0n) is 10.7. The lowest BCUT2D eigenvalue weighted by Gasteiger charge is -2.04. The summed E-state index contributed by atoms with van der Waals surface area (Å²) in [5.41, 5.74) is 5.22. The number of rotatable bonds is 6. The van der Waals surface area contributed by atoms with Gasteiger partial charge in [-0.3, -0.25) is 4.84 Å². The summed E-state index contributed by atoms with van der Waals surface area (Å²) < 4.78 is 4.61. The zero-order valence-corrected chi connectivity index (χ0v) is 10.7. The molecule has 0 aliphatic heterocycles. The molecular weight excluding hydrogens is 244 g/mol. The smallest absolute Gasteiger partial charge is 0.354 e. The molecule has 5 heteroatoms. The fourth-order valence-corrected chi connectivity index (χ4v) is 1.61. The van der Waals surface area contributed by atoms with Gasteiger partial charge in [0, 0.05) is 5.69 Å². The number of benzene rings is 1. The van der Waals surface area contributed by atoms with E-state index in [0.29, 0.717) is 18.8 Å². The van der Waals surface area contributed by atoms with Gasteiger partial charge in [-0.25, -0.2) is 4.79 Å². The Morgan fingerprint density at radius 3 is 2.74 bits per heavy atom. The van der Waals surface area contributed by atoms with Crippen LogP contribution in [0.4, 0.5) is 0 Å². The predicted octanol–water partition coefficient (Wildman–Crippen LogP) is 2.02. The fraction of sp³-hybridized carbons (Fsp3) is 0.214. The van der Waals surface area contributed by atoms with E-state index < -0.39 is 0 Å². The minimum absolute atomic E-state index is 0.378. The number of hydroxylamine groups is 1. The van der Waals surface area contributed by atoms with Gasteiger partial charge in [-0.2, -0.15) is 5.48 Å². The number of hydrogen-bond donors (Lipinski definition) is 2. The van der Waals surface area contributed by atoms with Gasteiger partial charge in [0.15, 0.2) is 0 Å². The Bertz CT molecular complexity index is 522. The Kier molecular flexibility index (Phi) is 4.72. The van der Waals surface area contributed by atoms with E-state index in [-0.39, 0.29) is 5.97 Å². The molecule has 0 amide bonds. The highest BCUT2D eigenvalue weighted by atomic mass is 16.6. The summed E-state index contributed by atoms with van der Waals surface area (Å²) in [5.74, 6) is -0.378. The molecule has 1 aromatic heterocycles. The molecule has 2 aromatic rings. The molecular formula is C14H16N2O3. The molecule has 19 heavy (non-hydrogen) atoms. The third-order valence-electron chi connectivity index (χ3n) is 2.60. The molecule has 0 aliphatic rings. The fourth-order valence-electron chi connectivity index (χ4n) is 1.61. The summed E-state index contributed by atoms with van der Waals surface area (Å²) in [7, 11) is 1.35. The molecule has 0 atom stereocenters. The van der Waals surface area contributed by atoms with Crippen molar-refractivity contribution in [2.45, 2.75) is 13.2 Å². The summed E-state index contributed by atoms with van der Waals surface area (Å²) in [5, 5.41) is 0. The second kappa shape index (κ2) is 6.72. The van der Waals surface area contributed by atoms with Crippen LogP contribution in [0.5, 0.6) is 0 Å². The molecule has 1 heterocycles. The van der Waals surface area contributed by atoms with Crippen molar-refractivity contribution in [2.24, 2.45) is 0 Å². The molecule has 2 rings (SSSR count). The average Bonchev–Trinajstić information content (AvgIpc) is 2.93. The number of nitrogens with one attached hydrogen (secondary N) is 2. The number of H-pyrrole nitrogens is 1. The van der Waals surface area contributed by atoms with Crippen molar-refractivity contribution in [3.8, 4) is 0 Å². The second-order valence-corrected chi connectivity index (χ2v) is 3.98. The Hall–Kier alpha value is -2.11. The van der Waals surface area contributed by atoms with Crippen LogP contribution >= 0.6 is 0 Å². The quantitative estimate of drug-likeness (QED) is 0.474. The highest BCUT2D eigenvalue weighted by Crippen LogP contribution is 2.04. The average molecular weight is 260 g/mol. The summed E-state index contributed by atoms with van der Waals surface area (Å²) in [6, 6.07) is 13.4.